The summed E-state index contributed by atoms with van der Waals surface area (Å²) in [7, 11) is 1.69. The second kappa shape index (κ2) is 17.8. The van der Waals surface area contributed by atoms with Gasteiger partial charge in [-0.2, -0.15) is 0 Å². The number of allylic oxidation sites excluding steroid dienone is 1. The topological polar surface area (TPSA) is 117 Å². The number of aliphatic hydroxyl groups excluding tert-OH is 1. The fraction of sp³-hybridized carbons (Fsp3) is 0.512. The van der Waals surface area contributed by atoms with E-state index in [4.69, 9.17) is 21.1 Å². The summed E-state index contributed by atoms with van der Waals surface area (Å²) in [5.74, 6) is -3.41. The quantitative estimate of drug-likeness (QED) is 0.0785. The summed E-state index contributed by atoms with van der Waals surface area (Å²) in [6.07, 6.45) is 5.61. The second-order valence-electron chi connectivity index (χ2n) is 14.3. The van der Waals surface area contributed by atoms with Crippen LogP contribution in [0.25, 0.3) is 0 Å². The minimum atomic E-state index is -1.32. The number of rotatable bonds is 18. The van der Waals surface area contributed by atoms with Gasteiger partial charge in [0.15, 0.2) is 0 Å². The number of unbranched alkanes of at least 4 members (excludes halogenated alkanes) is 3. The van der Waals surface area contributed by atoms with Crippen LogP contribution < -0.4 is 4.90 Å². The summed E-state index contributed by atoms with van der Waals surface area (Å²) in [6.45, 7) is 11.8. The van der Waals surface area contributed by atoms with Gasteiger partial charge in [-0.25, -0.2) is 0 Å². The van der Waals surface area contributed by atoms with E-state index in [0.717, 1.165) is 18.4 Å². The van der Waals surface area contributed by atoms with E-state index in [-0.39, 0.29) is 48.7 Å². The molecule has 0 aliphatic carbocycles. The average Bonchev–Trinajstić information content (AvgIpc) is 3.74. The van der Waals surface area contributed by atoms with Crippen LogP contribution in [0.2, 0.25) is 5.02 Å². The highest BCUT2D eigenvalue weighted by atomic mass is 79.9. The molecule has 2 aromatic carbocycles. The number of aryl methyl sites for hydroxylation is 1. The highest BCUT2D eigenvalue weighted by molar-refractivity contribution is 9.09. The third kappa shape index (κ3) is 8.00. The molecule has 3 saturated heterocycles. The Balaban J connectivity index is 1.52. The Morgan fingerprint density at radius 1 is 1.11 bits per heavy atom. The lowest BCUT2D eigenvalue weighted by Crippen LogP contribution is -2.57. The van der Waals surface area contributed by atoms with Gasteiger partial charge in [-0.05, 0) is 56.7 Å². The lowest BCUT2D eigenvalue weighted by molar-refractivity contribution is -0.164. The van der Waals surface area contributed by atoms with Crippen LogP contribution in [-0.4, -0.2) is 94.0 Å². The first kappa shape index (κ1) is 40.7. The van der Waals surface area contributed by atoms with Crippen LogP contribution in [0, 0.1) is 18.8 Å². The summed E-state index contributed by atoms with van der Waals surface area (Å²) in [6, 6.07) is 13.1. The molecule has 3 amide bonds. The first-order valence-electron chi connectivity index (χ1n) is 18.5. The van der Waals surface area contributed by atoms with Gasteiger partial charge in [-0.1, -0.05) is 95.0 Å². The van der Waals surface area contributed by atoms with E-state index >= 15 is 4.79 Å². The lowest BCUT2D eigenvalue weighted by Gasteiger charge is -2.38. The maximum Gasteiger partial charge on any atom is 0.313 e. The van der Waals surface area contributed by atoms with Crippen LogP contribution in [0.4, 0.5) is 5.69 Å². The standard InChI is InChI=1S/C41H51BrClN3O7/c1-6-8-21-31(48)44(5)27(4)35(28-18-12-11-13-19-28)52-40(51)32-33-38(49)46(23-14-9-10-15-24-47)37(41(33)25-29(42)36(32)53-41)39(50)45(22-7-2)34-26(3)17-16-20-30(34)43/h6-7,11-13,16-20,27,29,32-33,35-37,47H,1-2,8-10,14-15,21-25H2,3-5H3/t27-,29?,32-,33+,35+,36-,37-,41+/m1/s1. The smallest absolute Gasteiger partial charge is 0.313 e. The van der Waals surface area contributed by atoms with Gasteiger partial charge in [-0.15, -0.1) is 13.2 Å². The van der Waals surface area contributed by atoms with Gasteiger partial charge in [0.2, 0.25) is 11.8 Å². The summed E-state index contributed by atoms with van der Waals surface area (Å²) in [5, 5.41) is 9.71. The number of alkyl halides is 1. The minimum Gasteiger partial charge on any atom is -0.455 e. The third-order valence-electron chi connectivity index (χ3n) is 11.0. The summed E-state index contributed by atoms with van der Waals surface area (Å²) in [5.41, 5.74) is 0.699. The molecule has 1 unspecified atom stereocenters. The molecule has 53 heavy (non-hydrogen) atoms. The number of anilines is 1. The van der Waals surface area contributed by atoms with Crippen LogP contribution in [0.15, 0.2) is 73.8 Å². The van der Waals surface area contributed by atoms with Gasteiger partial charge in [0.1, 0.15) is 17.7 Å². The number of benzene rings is 2. The maximum atomic E-state index is 15.0. The zero-order valence-electron chi connectivity index (χ0n) is 30.8. The molecule has 5 rings (SSSR count). The molecule has 286 valence electrons. The minimum absolute atomic E-state index is 0.0790. The van der Waals surface area contributed by atoms with E-state index in [9.17, 15) is 19.5 Å². The van der Waals surface area contributed by atoms with Crippen molar-refractivity contribution >= 4 is 56.9 Å². The Kier molecular flexibility index (Phi) is 13.6. The molecule has 3 heterocycles. The average molecular weight is 813 g/mol. The number of nitrogens with zero attached hydrogens (tertiary/aromatic N) is 3. The number of carbonyl (C=O) groups excluding carboxylic acids is 4. The lowest BCUT2D eigenvalue weighted by atomic mass is 9.70. The van der Waals surface area contributed by atoms with Gasteiger partial charge in [0.05, 0.1) is 34.7 Å². The van der Waals surface area contributed by atoms with Gasteiger partial charge >= 0.3 is 5.97 Å². The first-order valence-corrected chi connectivity index (χ1v) is 19.7. The SMILES string of the molecule is C=CCCC(=O)N(C)[C@H](C)[C@H](OC(=O)[C@H]1[C@@H]2O[C@@]3(CC2Br)[C@@H]1C(=O)N(CCCCCCO)[C@@H]3C(=O)N(CC=C)c1c(C)cccc1Cl)c1ccccc1. The largest absolute Gasteiger partial charge is 0.455 e. The van der Waals surface area contributed by atoms with Crippen LogP contribution in [0.5, 0.6) is 0 Å². The Morgan fingerprint density at radius 2 is 1.83 bits per heavy atom. The monoisotopic (exact) mass is 811 g/mol. The van der Waals surface area contributed by atoms with Crippen molar-refractivity contribution in [1.82, 2.24) is 9.80 Å². The van der Waals surface area contributed by atoms with Crippen molar-refractivity contribution in [3.63, 3.8) is 0 Å². The molecular formula is C41H51BrClN3O7. The number of amides is 3. The molecule has 12 heteroatoms. The predicted molar refractivity (Wildman–Crippen MR) is 209 cm³/mol. The number of likely N-dealkylation sites (N-methyl/N-ethyl adjacent to an activating group) is 1. The van der Waals surface area contributed by atoms with Crippen molar-refractivity contribution in [1.29, 1.82) is 0 Å². The van der Waals surface area contributed by atoms with E-state index in [1.54, 1.807) is 40.0 Å². The molecule has 0 radical (unpaired) electrons. The van der Waals surface area contributed by atoms with Crippen LogP contribution in [-0.2, 0) is 28.7 Å². The van der Waals surface area contributed by atoms with Gasteiger partial charge in [0.25, 0.3) is 5.91 Å². The van der Waals surface area contributed by atoms with Gasteiger partial charge in [-0.3, -0.25) is 19.2 Å². The molecule has 1 N–H and O–H groups in total. The molecule has 3 aliphatic rings. The second-order valence-corrected chi connectivity index (χ2v) is 15.9. The Hall–Kier alpha value is -3.51. The van der Waals surface area contributed by atoms with Crippen molar-refractivity contribution in [2.75, 3.05) is 31.6 Å². The highest BCUT2D eigenvalue weighted by Crippen LogP contribution is 2.61. The summed E-state index contributed by atoms with van der Waals surface area (Å²) in [4.78, 5) is 61.9. The number of ether oxygens (including phenoxy) is 2. The number of hydrogen-bond acceptors (Lipinski definition) is 7. The number of para-hydroxylation sites is 1. The third-order valence-corrected chi connectivity index (χ3v) is 12.2. The number of fused-ring (bicyclic) bond motifs is 1. The van der Waals surface area contributed by atoms with Crippen molar-refractivity contribution in [2.24, 2.45) is 11.8 Å². The van der Waals surface area contributed by atoms with Gasteiger partial charge in [0, 0.05) is 38.0 Å². The molecule has 8 atom stereocenters. The number of esters is 1. The number of likely N-dealkylation sites (tertiary alicyclic amines) is 1. The summed E-state index contributed by atoms with van der Waals surface area (Å²) < 4.78 is 13.2. The number of carbonyl (C=O) groups is 4. The number of halogens is 2. The molecule has 10 nitrogen and oxygen atoms in total. The summed E-state index contributed by atoms with van der Waals surface area (Å²) >= 11 is 10.5. The van der Waals surface area contributed by atoms with Crippen LogP contribution in [0.3, 0.4) is 0 Å². The normalized spacial score (nSPS) is 25.4. The molecule has 2 bridgehead atoms. The Labute approximate surface area is 326 Å². The van der Waals surface area contributed by atoms with E-state index in [0.29, 0.717) is 42.0 Å². The van der Waals surface area contributed by atoms with Crippen molar-refractivity contribution in [3.8, 4) is 0 Å². The van der Waals surface area contributed by atoms with E-state index in [1.165, 1.54) is 0 Å². The first-order chi connectivity index (χ1) is 25.4. The molecule has 1 spiro atoms. The molecule has 0 saturated carbocycles. The maximum absolute atomic E-state index is 15.0. The van der Waals surface area contributed by atoms with Crippen LogP contribution >= 0.6 is 27.5 Å². The van der Waals surface area contributed by atoms with Crippen molar-refractivity contribution in [2.45, 2.75) is 93.5 Å². The predicted octanol–water partition coefficient (Wildman–Crippen LogP) is 6.57. The highest BCUT2D eigenvalue weighted by Gasteiger charge is 2.77. The molecule has 0 aromatic heterocycles. The van der Waals surface area contributed by atoms with Crippen LogP contribution in [0.1, 0.15) is 69.1 Å². The fourth-order valence-electron chi connectivity index (χ4n) is 8.32. The molecule has 3 fully saturated rings. The van der Waals surface area contributed by atoms with E-state index in [1.807, 2.05) is 56.3 Å². The van der Waals surface area contributed by atoms with Crippen molar-refractivity contribution in [3.05, 3.63) is 90.0 Å². The van der Waals surface area contributed by atoms with Crippen molar-refractivity contribution < 1.29 is 33.8 Å². The molecule has 2 aromatic rings. The number of aliphatic hydroxyl groups is 1. The van der Waals surface area contributed by atoms with E-state index < -0.39 is 47.7 Å². The number of hydrogen-bond donors (Lipinski definition) is 1. The van der Waals surface area contributed by atoms with Gasteiger partial charge < -0.3 is 29.3 Å². The Morgan fingerprint density at radius 3 is 2.49 bits per heavy atom. The fourth-order valence-corrected chi connectivity index (χ4v) is 9.59. The molecular weight excluding hydrogens is 762 g/mol. The van der Waals surface area contributed by atoms with E-state index in [2.05, 4.69) is 29.1 Å². The zero-order valence-corrected chi connectivity index (χ0v) is 33.1. The zero-order chi connectivity index (χ0) is 38.4. The molecule has 3 aliphatic heterocycles. The Bertz CT molecular complexity index is 1660.